The third-order valence-electron chi connectivity index (χ3n) is 2.86. The van der Waals surface area contributed by atoms with Crippen molar-refractivity contribution in [1.82, 2.24) is 0 Å². The van der Waals surface area contributed by atoms with Gasteiger partial charge < -0.3 is 0 Å². The van der Waals surface area contributed by atoms with Gasteiger partial charge in [0, 0.05) is 8.07 Å². The van der Waals surface area contributed by atoms with Crippen molar-refractivity contribution in [2.24, 2.45) is 0 Å². The van der Waals surface area contributed by atoms with E-state index in [1.165, 1.54) is 0 Å². The van der Waals surface area contributed by atoms with Gasteiger partial charge in [0.1, 0.15) is 0 Å². The molecule has 0 N–H and O–H groups in total. The Labute approximate surface area is 85.2 Å². The van der Waals surface area contributed by atoms with Crippen molar-refractivity contribution in [2.75, 3.05) is 0 Å². The third-order valence-corrected chi connectivity index (χ3v) is 11.7. The molecule has 1 unspecified atom stereocenters. The second kappa shape index (κ2) is 4.24. The molecule has 0 aliphatic rings. The number of hydrogen-bond acceptors (Lipinski definition) is 0. The van der Waals surface area contributed by atoms with E-state index >= 15 is 0 Å². The normalized spacial score (nSPS) is 15.1. The topological polar surface area (TPSA) is 0 Å². The quantitative estimate of drug-likeness (QED) is 0.668. The third kappa shape index (κ3) is 3.48. The van der Waals surface area contributed by atoms with Gasteiger partial charge in [-0.1, -0.05) is 67.2 Å². The summed E-state index contributed by atoms with van der Waals surface area (Å²) in [6, 6.07) is 11.0. The second-order valence-corrected chi connectivity index (χ2v) is 13.9. The number of benzene rings is 1. The molecule has 1 atom stereocenters. The standard InChI is InChI=1S/C11H20Si2/c1-10(13(2,3)4)12-11-8-6-5-7-9-11/h5-10H,12H2,1-4H3. The Morgan fingerprint density at radius 1 is 1.08 bits per heavy atom. The summed E-state index contributed by atoms with van der Waals surface area (Å²) >= 11 is 0. The van der Waals surface area contributed by atoms with Gasteiger partial charge in [0.15, 0.2) is 0 Å². The van der Waals surface area contributed by atoms with Crippen LogP contribution < -0.4 is 5.19 Å². The molecule has 1 aromatic rings. The minimum Gasteiger partial charge on any atom is -0.0696 e. The molecule has 0 aliphatic heterocycles. The monoisotopic (exact) mass is 208 g/mol. The summed E-state index contributed by atoms with van der Waals surface area (Å²) in [5, 5.41) is 2.63. The molecular formula is C11H20Si2. The van der Waals surface area contributed by atoms with Gasteiger partial charge in [-0.15, -0.1) is 0 Å². The van der Waals surface area contributed by atoms with Crippen molar-refractivity contribution in [3.05, 3.63) is 30.3 Å². The fourth-order valence-corrected chi connectivity index (χ4v) is 5.68. The summed E-state index contributed by atoms with van der Waals surface area (Å²) in [7, 11) is -0.911. The first-order valence-electron chi connectivity index (χ1n) is 5.04. The maximum Gasteiger partial charge on any atom is 0.0549 e. The van der Waals surface area contributed by atoms with E-state index in [0.717, 1.165) is 5.16 Å². The van der Waals surface area contributed by atoms with Crippen molar-refractivity contribution in [3.63, 3.8) is 0 Å². The second-order valence-electron chi connectivity index (χ2n) is 4.96. The predicted octanol–water partition coefficient (Wildman–Crippen LogP) is 2.17. The molecule has 0 radical (unpaired) electrons. The van der Waals surface area contributed by atoms with Crippen LogP contribution in [-0.2, 0) is 0 Å². The van der Waals surface area contributed by atoms with Gasteiger partial charge in [0.05, 0.1) is 9.52 Å². The van der Waals surface area contributed by atoms with Crippen molar-refractivity contribution in [1.29, 1.82) is 0 Å². The van der Waals surface area contributed by atoms with E-state index in [9.17, 15) is 0 Å². The van der Waals surface area contributed by atoms with Crippen LogP contribution in [0.15, 0.2) is 30.3 Å². The first-order valence-corrected chi connectivity index (χ1v) is 10.1. The minimum atomic E-state index is -0.882. The Kier molecular flexibility index (Phi) is 3.50. The molecule has 1 aromatic carbocycles. The van der Waals surface area contributed by atoms with Gasteiger partial charge in [-0.3, -0.25) is 0 Å². The first kappa shape index (κ1) is 10.7. The molecule has 0 nitrogen and oxygen atoms in total. The van der Waals surface area contributed by atoms with Crippen molar-refractivity contribution < 1.29 is 0 Å². The number of hydrogen-bond donors (Lipinski definition) is 0. The largest absolute Gasteiger partial charge is 0.0696 e. The Balaban J connectivity index is 2.61. The maximum atomic E-state index is 2.48. The van der Waals surface area contributed by atoms with Crippen LogP contribution in [0.1, 0.15) is 6.92 Å². The molecule has 2 heteroatoms. The lowest BCUT2D eigenvalue weighted by Crippen LogP contribution is -2.34. The van der Waals surface area contributed by atoms with Gasteiger partial charge in [0.2, 0.25) is 0 Å². The summed E-state index contributed by atoms with van der Waals surface area (Å²) in [5.41, 5.74) is 0. The molecule has 0 saturated heterocycles. The predicted molar refractivity (Wildman–Crippen MR) is 67.4 cm³/mol. The summed E-state index contributed by atoms with van der Waals surface area (Å²) in [6.07, 6.45) is 0. The van der Waals surface area contributed by atoms with Gasteiger partial charge in [-0.05, 0) is 0 Å². The Bertz CT molecular complexity index is 249. The average Bonchev–Trinajstić information content (AvgIpc) is 2.04. The van der Waals surface area contributed by atoms with Crippen molar-refractivity contribution in [3.8, 4) is 0 Å². The highest BCUT2D eigenvalue weighted by Gasteiger charge is 2.22. The SMILES string of the molecule is CC([SiH2]c1ccccc1)[Si](C)(C)C. The molecule has 0 amide bonds. The van der Waals surface area contributed by atoms with E-state index < -0.39 is 8.07 Å². The fourth-order valence-electron chi connectivity index (χ4n) is 1.27. The molecule has 0 aliphatic carbocycles. The van der Waals surface area contributed by atoms with E-state index in [0.29, 0.717) is 0 Å². The van der Waals surface area contributed by atoms with Crippen LogP contribution in [0, 0.1) is 0 Å². The van der Waals surface area contributed by atoms with Crippen molar-refractivity contribution in [2.45, 2.75) is 31.7 Å². The van der Waals surface area contributed by atoms with Crippen LogP contribution in [0.4, 0.5) is 0 Å². The van der Waals surface area contributed by atoms with Crippen molar-refractivity contribution >= 4 is 22.8 Å². The van der Waals surface area contributed by atoms with E-state index in [4.69, 9.17) is 0 Å². The summed E-state index contributed by atoms with van der Waals surface area (Å²) in [4.78, 5) is 0. The van der Waals surface area contributed by atoms with Crippen LogP contribution in [0.5, 0.6) is 0 Å². The molecule has 0 spiro atoms. The molecule has 0 bridgehead atoms. The van der Waals surface area contributed by atoms with E-state index in [1.54, 1.807) is 5.19 Å². The molecule has 0 aromatic heterocycles. The Morgan fingerprint density at radius 2 is 1.62 bits per heavy atom. The highest BCUT2D eigenvalue weighted by atomic mass is 28.4. The molecular weight excluding hydrogens is 188 g/mol. The summed E-state index contributed by atoms with van der Waals surface area (Å²) in [6.45, 7) is 9.89. The molecule has 72 valence electrons. The van der Waals surface area contributed by atoms with Crippen LogP contribution >= 0.6 is 0 Å². The molecule has 1 rings (SSSR count). The average molecular weight is 208 g/mol. The zero-order chi connectivity index (χ0) is 9.90. The molecule has 13 heavy (non-hydrogen) atoms. The zero-order valence-electron chi connectivity index (χ0n) is 9.17. The van der Waals surface area contributed by atoms with Gasteiger partial charge >= 0.3 is 0 Å². The lowest BCUT2D eigenvalue weighted by molar-refractivity contribution is 1.24. The minimum absolute atomic E-state index is 0.0295. The molecule has 0 saturated carbocycles. The van der Waals surface area contributed by atoms with Gasteiger partial charge in [0.25, 0.3) is 0 Å². The van der Waals surface area contributed by atoms with Crippen LogP contribution in [0.2, 0.25) is 24.8 Å². The maximum absolute atomic E-state index is 2.48. The van der Waals surface area contributed by atoms with Crippen LogP contribution in [-0.4, -0.2) is 17.6 Å². The fraction of sp³-hybridized carbons (Fsp3) is 0.455. The zero-order valence-corrected chi connectivity index (χ0v) is 11.6. The van der Waals surface area contributed by atoms with E-state index in [-0.39, 0.29) is 9.52 Å². The van der Waals surface area contributed by atoms with Crippen LogP contribution in [0.3, 0.4) is 0 Å². The van der Waals surface area contributed by atoms with E-state index in [1.807, 2.05) is 0 Å². The van der Waals surface area contributed by atoms with E-state index in [2.05, 4.69) is 56.9 Å². The smallest absolute Gasteiger partial charge is 0.0549 e. The number of rotatable bonds is 3. The Morgan fingerprint density at radius 3 is 2.08 bits per heavy atom. The first-order chi connectivity index (χ1) is 6.00. The molecule has 0 fully saturated rings. The highest BCUT2D eigenvalue weighted by molar-refractivity contribution is 6.87. The lowest BCUT2D eigenvalue weighted by atomic mass is 10.4. The summed E-state index contributed by atoms with van der Waals surface area (Å²) < 4.78 is 0. The lowest BCUT2D eigenvalue weighted by Gasteiger charge is -2.24. The highest BCUT2D eigenvalue weighted by Crippen LogP contribution is 2.18. The van der Waals surface area contributed by atoms with Crippen LogP contribution in [0.25, 0.3) is 0 Å². The Hall–Kier alpha value is -0.346. The molecule has 0 heterocycles. The van der Waals surface area contributed by atoms with Gasteiger partial charge in [-0.2, -0.15) is 0 Å². The summed E-state index contributed by atoms with van der Waals surface area (Å²) in [5.74, 6) is 0. The van der Waals surface area contributed by atoms with Gasteiger partial charge in [-0.25, -0.2) is 0 Å².